The zero-order chi connectivity index (χ0) is 42.4. The average molecular weight is 805 g/mol. The van der Waals surface area contributed by atoms with Gasteiger partial charge >= 0.3 is 0 Å². The van der Waals surface area contributed by atoms with Gasteiger partial charge in [0.05, 0.1) is 0 Å². The Kier molecular flexibility index (Phi) is 11.8. The fourth-order valence-corrected chi connectivity index (χ4v) is 7.68. The highest BCUT2D eigenvalue weighted by Crippen LogP contribution is 2.43. The molecule has 0 radical (unpaired) electrons. The number of ketones is 1. The van der Waals surface area contributed by atoms with E-state index in [1.165, 1.54) is 12.8 Å². The molecule has 0 unspecified atom stereocenters. The summed E-state index contributed by atoms with van der Waals surface area (Å²) in [6.07, 6.45) is 6.43. The zero-order valence-electron chi connectivity index (χ0n) is 35.5. The van der Waals surface area contributed by atoms with Crippen LogP contribution >= 0.6 is 0 Å². The van der Waals surface area contributed by atoms with Crippen molar-refractivity contribution >= 4 is 39.9 Å². The summed E-state index contributed by atoms with van der Waals surface area (Å²) < 4.78 is 18.7. The van der Waals surface area contributed by atoms with Crippen LogP contribution in [0.2, 0.25) is 0 Å². The maximum Gasteiger partial charge on any atom is 0.193 e. The van der Waals surface area contributed by atoms with Crippen molar-refractivity contribution in [3.8, 4) is 23.0 Å². The van der Waals surface area contributed by atoms with Gasteiger partial charge in [0.15, 0.2) is 5.78 Å². The number of ether oxygens (including phenoxy) is 3. The van der Waals surface area contributed by atoms with Gasteiger partial charge in [0, 0.05) is 45.3 Å². The molecule has 0 aromatic heterocycles. The Bertz CT molecular complexity index is 2540. The van der Waals surface area contributed by atoms with Crippen molar-refractivity contribution in [2.75, 3.05) is 9.80 Å². The molecule has 7 aromatic carbocycles. The summed E-state index contributed by atoms with van der Waals surface area (Å²) in [6, 6.07) is 60.5. The fourth-order valence-electron chi connectivity index (χ4n) is 7.68. The third-order valence-electron chi connectivity index (χ3n) is 10.9. The summed E-state index contributed by atoms with van der Waals surface area (Å²) >= 11 is 0. The molecule has 1 saturated carbocycles. The van der Waals surface area contributed by atoms with Crippen molar-refractivity contribution in [1.29, 1.82) is 0 Å². The largest absolute Gasteiger partial charge is 0.488 e. The van der Waals surface area contributed by atoms with Crippen LogP contribution in [0.15, 0.2) is 194 Å². The highest BCUT2D eigenvalue weighted by Gasteiger charge is 2.39. The van der Waals surface area contributed by atoms with E-state index in [1.54, 1.807) is 24.3 Å². The minimum absolute atomic E-state index is 0.0654. The number of allylic oxidation sites excluding steroid dienone is 1. The molecule has 6 heteroatoms. The summed E-state index contributed by atoms with van der Waals surface area (Å²) in [5.74, 6) is 3.48. The third kappa shape index (κ3) is 9.88. The number of benzene rings is 7. The molecular weight excluding hydrogens is 753 g/mol. The minimum Gasteiger partial charge on any atom is -0.488 e. The molecule has 0 aliphatic heterocycles. The molecule has 0 heterocycles. The smallest absolute Gasteiger partial charge is 0.193 e. The molecule has 0 saturated heterocycles. The Balaban J connectivity index is 0.982. The van der Waals surface area contributed by atoms with Gasteiger partial charge in [-0.3, -0.25) is 4.79 Å². The van der Waals surface area contributed by atoms with Gasteiger partial charge in [0.1, 0.15) is 34.2 Å². The van der Waals surface area contributed by atoms with E-state index in [0.717, 1.165) is 39.9 Å². The standard InChI is InChI=1S/C55H52N2O4/c1-6-39-54(2,3)60-51-33-19-41(20-34-51)53(58)40-17-31-49(32-18-40)59-50-35-27-47(28-36-50)56(43-13-9-7-10-14-43)45-23-25-46(26-24-45)57(44-15-11-8-12-16-44)48-29-37-52(38-30-48)61-55(4,5)42-21-22-42/h6-20,23-39,42H,21-22H2,1-5H3/b39-6-. The zero-order valence-corrected chi connectivity index (χ0v) is 35.5. The van der Waals surface area contributed by atoms with Crippen LogP contribution in [0.1, 0.15) is 63.4 Å². The first-order chi connectivity index (χ1) is 29.5. The van der Waals surface area contributed by atoms with Gasteiger partial charge < -0.3 is 24.0 Å². The molecule has 0 bridgehead atoms. The molecule has 8 rings (SSSR count). The van der Waals surface area contributed by atoms with E-state index in [-0.39, 0.29) is 11.4 Å². The average Bonchev–Trinajstić information content (AvgIpc) is 4.14. The van der Waals surface area contributed by atoms with Crippen LogP contribution in [0, 0.1) is 5.92 Å². The van der Waals surface area contributed by atoms with E-state index in [2.05, 4.69) is 133 Å². The SMILES string of the molecule is C/C=C\C(C)(C)Oc1ccc(C(=O)c2ccc(Oc3ccc(N(c4ccccc4)c4ccc(N(c5ccccc5)c5ccc(OC(C)(C)C6CC6)cc5)cc4)cc3)cc2)cc1. The molecule has 0 atom stereocenters. The van der Waals surface area contributed by atoms with E-state index in [9.17, 15) is 4.79 Å². The maximum atomic E-state index is 13.3. The minimum atomic E-state index is -0.437. The second kappa shape index (κ2) is 17.7. The lowest BCUT2D eigenvalue weighted by atomic mass is 10.0. The van der Waals surface area contributed by atoms with Crippen LogP contribution in [0.25, 0.3) is 0 Å². The van der Waals surface area contributed by atoms with Crippen LogP contribution in [-0.4, -0.2) is 17.0 Å². The third-order valence-corrected chi connectivity index (χ3v) is 10.9. The van der Waals surface area contributed by atoms with Gasteiger partial charge in [-0.25, -0.2) is 0 Å². The molecule has 1 fully saturated rings. The van der Waals surface area contributed by atoms with Crippen molar-refractivity contribution in [2.24, 2.45) is 5.92 Å². The molecule has 0 spiro atoms. The van der Waals surface area contributed by atoms with E-state index >= 15 is 0 Å². The van der Waals surface area contributed by atoms with Gasteiger partial charge in [-0.2, -0.15) is 0 Å². The van der Waals surface area contributed by atoms with Crippen LogP contribution in [-0.2, 0) is 0 Å². The summed E-state index contributed by atoms with van der Waals surface area (Å²) in [5, 5.41) is 0. The maximum absolute atomic E-state index is 13.3. The van der Waals surface area contributed by atoms with Gasteiger partial charge in [0.2, 0.25) is 0 Å². The molecule has 0 amide bonds. The first-order valence-corrected chi connectivity index (χ1v) is 21.0. The van der Waals surface area contributed by atoms with E-state index in [4.69, 9.17) is 14.2 Å². The summed E-state index contributed by atoms with van der Waals surface area (Å²) in [4.78, 5) is 17.8. The molecule has 1 aliphatic carbocycles. The number of anilines is 6. The summed E-state index contributed by atoms with van der Waals surface area (Å²) in [5.41, 5.74) is 6.77. The lowest BCUT2D eigenvalue weighted by Gasteiger charge is -2.29. The predicted molar refractivity (Wildman–Crippen MR) is 249 cm³/mol. The van der Waals surface area contributed by atoms with E-state index < -0.39 is 5.60 Å². The van der Waals surface area contributed by atoms with E-state index in [1.807, 2.05) is 81.5 Å². The first-order valence-electron chi connectivity index (χ1n) is 21.0. The first kappa shape index (κ1) is 40.7. The monoisotopic (exact) mass is 804 g/mol. The van der Waals surface area contributed by atoms with Gasteiger partial charge in [0.25, 0.3) is 0 Å². The van der Waals surface area contributed by atoms with Crippen molar-refractivity contribution < 1.29 is 19.0 Å². The van der Waals surface area contributed by atoms with E-state index in [0.29, 0.717) is 34.3 Å². The van der Waals surface area contributed by atoms with Crippen LogP contribution in [0.5, 0.6) is 23.0 Å². The van der Waals surface area contributed by atoms with Crippen molar-refractivity contribution in [1.82, 2.24) is 0 Å². The number of carbonyl (C=O) groups excluding carboxylic acids is 1. The second-order valence-corrected chi connectivity index (χ2v) is 16.5. The van der Waals surface area contributed by atoms with Crippen LogP contribution in [0.3, 0.4) is 0 Å². The molecule has 61 heavy (non-hydrogen) atoms. The molecule has 7 aromatic rings. The molecule has 0 N–H and O–H groups in total. The molecule has 1 aliphatic rings. The second-order valence-electron chi connectivity index (χ2n) is 16.5. The molecular formula is C55H52N2O4. The van der Waals surface area contributed by atoms with Gasteiger partial charge in [-0.15, -0.1) is 0 Å². The molecule has 6 nitrogen and oxygen atoms in total. The Labute approximate surface area is 360 Å². The van der Waals surface area contributed by atoms with Crippen LogP contribution < -0.4 is 24.0 Å². The lowest BCUT2D eigenvalue weighted by Crippen LogP contribution is -2.30. The topological polar surface area (TPSA) is 51.2 Å². The van der Waals surface area contributed by atoms with Crippen LogP contribution in [0.4, 0.5) is 34.1 Å². The highest BCUT2D eigenvalue weighted by atomic mass is 16.5. The number of para-hydroxylation sites is 2. The number of hydrogen-bond acceptors (Lipinski definition) is 6. The number of rotatable bonds is 16. The van der Waals surface area contributed by atoms with Crippen molar-refractivity contribution in [3.63, 3.8) is 0 Å². The number of hydrogen-bond donors (Lipinski definition) is 0. The predicted octanol–water partition coefficient (Wildman–Crippen LogP) is 15.0. The van der Waals surface area contributed by atoms with Crippen molar-refractivity contribution in [2.45, 2.75) is 58.7 Å². The summed E-state index contributed by atoms with van der Waals surface area (Å²) in [7, 11) is 0. The van der Waals surface area contributed by atoms with Gasteiger partial charge in [-0.05, 0) is 205 Å². The Hall–Kier alpha value is -7.05. The van der Waals surface area contributed by atoms with Gasteiger partial charge in [-0.1, -0.05) is 42.5 Å². The Morgan fingerprint density at radius 2 is 0.820 bits per heavy atom. The van der Waals surface area contributed by atoms with Crippen molar-refractivity contribution in [3.05, 3.63) is 205 Å². The fraction of sp³-hybridized carbons (Fsp3) is 0.182. The Morgan fingerprint density at radius 1 is 0.475 bits per heavy atom. The quantitative estimate of drug-likeness (QED) is 0.0716. The lowest BCUT2D eigenvalue weighted by molar-refractivity contribution is 0.0852. The number of nitrogens with zero attached hydrogens (tertiary/aromatic N) is 2. The number of carbonyl (C=O) groups is 1. The molecule has 306 valence electrons. The highest BCUT2D eigenvalue weighted by molar-refractivity contribution is 6.09. The Morgan fingerprint density at radius 3 is 1.23 bits per heavy atom. The normalized spacial score (nSPS) is 12.8. The summed E-state index contributed by atoms with van der Waals surface area (Å²) in [6.45, 7) is 10.3.